The van der Waals surface area contributed by atoms with Crippen LogP contribution >= 0.6 is 0 Å². The van der Waals surface area contributed by atoms with Crippen LogP contribution in [-0.2, 0) is 0 Å². The topological polar surface area (TPSA) is 6.48 Å². The van der Waals surface area contributed by atoms with E-state index in [4.69, 9.17) is 0 Å². The van der Waals surface area contributed by atoms with E-state index in [2.05, 4.69) is 65.7 Å². The van der Waals surface area contributed by atoms with Crippen molar-refractivity contribution in [1.29, 1.82) is 0 Å². The standard InChI is InChI=1S/C11H28N2Si/c1-9(12(5)6)11(14,13(7)8)10(2,3)4/h9H,1-8,14H3. The monoisotopic (exact) mass is 216 g/mol. The van der Waals surface area contributed by atoms with Gasteiger partial charge in [-0.05, 0) is 40.5 Å². The van der Waals surface area contributed by atoms with Gasteiger partial charge in [-0.1, -0.05) is 20.8 Å². The predicted molar refractivity (Wildman–Crippen MR) is 69.0 cm³/mol. The fraction of sp³-hybridized carbons (Fsp3) is 1.00. The van der Waals surface area contributed by atoms with Crippen molar-refractivity contribution in [3.63, 3.8) is 0 Å². The molecule has 0 aliphatic heterocycles. The van der Waals surface area contributed by atoms with Crippen molar-refractivity contribution in [2.24, 2.45) is 5.41 Å². The van der Waals surface area contributed by atoms with Crippen LogP contribution in [0.5, 0.6) is 0 Å². The van der Waals surface area contributed by atoms with Gasteiger partial charge in [-0.2, -0.15) is 0 Å². The first kappa shape index (κ1) is 14.1. The minimum Gasteiger partial charge on any atom is -0.305 e. The molecule has 0 amide bonds. The van der Waals surface area contributed by atoms with E-state index in [0.29, 0.717) is 16.6 Å². The zero-order valence-electron chi connectivity index (χ0n) is 11.5. The minimum absolute atomic E-state index is 0.316. The Morgan fingerprint density at radius 2 is 1.36 bits per heavy atom. The zero-order chi connectivity index (χ0) is 11.7. The molecule has 0 bridgehead atoms. The highest BCUT2D eigenvalue weighted by molar-refractivity contribution is 6.16. The molecule has 0 aliphatic rings. The molecule has 0 aromatic carbocycles. The summed E-state index contributed by atoms with van der Waals surface area (Å²) in [5.41, 5.74) is 0.326. The van der Waals surface area contributed by atoms with E-state index >= 15 is 0 Å². The van der Waals surface area contributed by atoms with Crippen molar-refractivity contribution in [2.75, 3.05) is 28.2 Å². The lowest BCUT2D eigenvalue weighted by Gasteiger charge is -2.53. The molecule has 0 heterocycles. The number of rotatable bonds is 3. The van der Waals surface area contributed by atoms with E-state index in [1.807, 2.05) is 0 Å². The number of nitrogens with zero attached hydrogens (tertiary/aromatic N) is 2. The second-order valence-corrected chi connectivity index (χ2v) is 7.46. The van der Waals surface area contributed by atoms with Crippen LogP contribution in [-0.4, -0.2) is 59.4 Å². The first-order valence-corrected chi connectivity index (χ1v) is 6.39. The molecule has 2 nitrogen and oxygen atoms in total. The van der Waals surface area contributed by atoms with Gasteiger partial charge >= 0.3 is 0 Å². The summed E-state index contributed by atoms with van der Waals surface area (Å²) in [7, 11) is 9.94. The van der Waals surface area contributed by atoms with Gasteiger partial charge in [0.2, 0.25) is 0 Å². The molecule has 2 atom stereocenters. The molecule has 0 aromatic heterocycles. The van der Waals surface area contributed by atoms with Crippen LogP contribution in [0, 0.1) is 5.41 Å². The molecule has 0 aliphatic carbocycles. The lowest BCUT2D eigenvalue weighted by molar-refractivity contribution is 0.0367. The van der Waals surface area contributed by atoms with Gasteiger partial charge in [0.15, 0.2) is 0 Å². The van der Waals surface area contributed by atoms with Crippen LogP contribution in [0.2, 0.25) is 0 Å². The molecule has 14 heavy (non-hydrogen) atoms. The van der Waals surface area contributed by atoms with Crippen LogP contribution in [0.25, 0.3) is 0 Å². The van der Waals surface area contributed by atoms with Gasteiger partial charge in [0, 0.05) is 21.4 Å². The van der Waals surface area contributed by atoms with Gasteiger partial charge in [-0.3, -0.25) is 0 Å². The SMILES string of the molecule is CC(N(C)C)C([SiH3])(N(C)C)C(C)(C)C. The second-order valence-electron chi connectivity index (χ2n) is 5.93. The first-order valence-electron chi connectivity index (χ1n) is 5.39. The van der Waals surface area contributed by atoms with Crippen LogP contribution in [0.1, 0.15) is 27.7 Å². The van der Waals surface area contributed by atoms with E-state index in [-0.39, 0.29) is 0 Å². The average Bonchev–Trinajstić information content (AvgIpc) is 1.98. The maximum Gasteiger partial charge on any atom is 0.0310 e. The normalized spacial score (nSPS) is 20.1. The van der Waals surface area contributed by atoms with Crippen molar-refractivity contribution >= 4 is 10.2 Å². The Morgan fingerprint density at radius 3 is 1.43 bits per heavy atom. The summed E-state index contributed by atoms with van der Waals surface area (Å²) in [6.45, 7) is 9.37. The number of likely N-dealkylation sites (N-methyl/N-ethyl adjacent to an activating group) is 2. The van der Waals surface area contributed by atoms with Gasteiger partial charge in [-0.25, -0.2) is 0 Å². The van der Waals surface area contributed by atoms with Crippen molar-refractivity contribution < 1.29 is 0 Å². The fourth-order valence-corrected chi connectivity index (χ4v) is 2.69. The third-order valence-electron chi connectivity index (χ3n) is 4.04. The molecule has 0 saturated carbocycles. The smallest absolute Gasteiger partial charge is 0.0310 e. The Kier molecular flexibility index (Phi) is 4.37. The van der Waals surface area contributed by atoms with E-state index in [1.165, 1.54) is 10.2 Å². The Labute approximate surface area is 93.1 Å². The molecule has 0 spiro atoms. The Hall–Kier alpha value is 0.137. The Bertz CT molecular complexity index is 184. The fourth-order valence-electron chi connectivity index (χ4n) is 2.17. The van der Waals surface area contributed by atoms with Crippen molar-refractivity contribution in [2.45, 2.75) is 38.9 Å². The second kappa shape index (κ2) is 4.33. The van der Waals surface area contributed by atoms with Crippen molar-refractivity contribution in [3.8, 4) is 0 Å². The summed E-state index contributed by atoms with van der Waals surface area (Å²) in [6.07, 6.45) is 0. The summed E-state index contributed by atoms with van der Waals surface area (Å²) >= 11 is 0. The molecule has 3 heteroatoms. The molecular formula is C11H28N2Si. The summed E-state index contributed by atoms with van der Waals surface area (Å²) in [6, 6.07) is 0.587. The van der Waals surface area contributed by atoms with E-state index in [1.54, 1.807) is 0 Å². The third-order valence-corrected chi connectivity index (χ3v) is 7.27. The largest absolute Gasteiger partial charge is 0.305 e. The summed E-state index contributed by atoms with van der Waals surface area (Å²) in [5, 5.41) is 0.316. The van der Waals surface area contributed by atoms with Gasteiger partial charge in [0.1, 0.15) is 0 Å². The molecule has 0 aromatic rings. The summed E-state index contributed by atoms with van der Waals surface area (Å²) in [4.78, 5) is 4.74. The quantitative estimate of drug-likeness (QED) is 0.638. The summed E-state index contributed by atoms with van der Waals surface area (Å²) < 4.78 is 0. The molecule has 0 N–H and O–H groups in total. The van der Waals surface area contributed by atoms with Gasteiger partial charge < -0.3 is 9.80 Å². The van der Waals surface area contributed by atoms with E-state index in [0.717, 1.165) is 0 Å². The van der Waals surface area contributed by atoms with E-state index in [9.17, 15) is 0 Å². The molecule has 0 rings (SSSR count). The Balaban J connectivity index is 5.11. The van der Waals surface area contributed by atoms with E-state index < -0.39 is 0 Å². The van der Waals surface area contributed by atoms with Gasteiger partial charge in [0.05, 0.1) is 0 Å². The lowest BCUT2D eigenvalue weighted by atomic mass is 9.80. The van der Waals surface area contributed by atoms with Crippen LogP contribution < -0.4 is 0 Å². The highest BCUT2D eigenvalue weighted by Gasteiger charge is 2.44. The molecule has 86 valence electrons. The average molecular weight is 216 g/mol. The molecule has 0 fully saturated rings. The highest BCUT2D eigenvalue weighted by Crippen LogP contribution is 2.35. The zero-order valence-corrected chi connectivity index (χ0v) is 13.5. The van der Waals surface area contributed by atoms with Crippen LogP contribution in [0.15, 0.2) is 0 Å². The molecule has 0 radical (unpaired) electrons. The molecular weight excluding hydrogens is 188 g/mol. The maximum absolute atomic E-state index is 2.41. The molecule has 0 saturated heterocycles. The third kappa shape index (κ3) is 2.38. The highest BCUT2D eigenvalue weighted by atomic mass is 28.1. The van der Waals surface area contributed by atoms with Crippen LogP contribution in [0.3, 0.4) is 0 Å². The first-order chi connectivity index (χ1) is 6.05. The van der Waals surface area contributed by atoms with Gasteiger partial charge in [0.25, 0.3) is 0 Å². The summed E-state index contributed by atoms with van der Waals surface area (Å²) in [5.74, 6) is 0. The maximum atomic E-state index is 2.41. The number of hydrogen-bond acceptors (Lipinski definition) is 2. The van der Waals surface area contributed by atoms with Crippen molar-refractivity contribution in [1.82, 2.24) is 9.80 Å². The lowest BCUT2D eigenvalue weighted by Crippen LogP contribution is -2.65. The minimum atomic E-state index is 0.316. The molecule has 2 unspecified atom stereocenters. The number of hydrogen-bond donors (Lipinski definition) is 0. The predicted octanol–water partition coefficient (Wildman–Crippen LogP) is 0.606. The van der Waals surface area contributed by atoms with Crippen molar-refractivity contribution in [3.05, 3.63) is 0 Å². The Morgan fingerprint density at radius 1 is 1.00 bits per heavy atom. The van der Waals surface area contributed by atoms with Crippen LogP contribution in [0.4, 0.5) is 0 Å². The van der Waals surface area contributed by atoms with Gasteiger partial charge in [-0.15, -0.1) is 0 Å².